The van der Waals surface area contributed by atoms with Gasteiger partial charge in [-0.15, -0.1) is 0 Å². The van der Waals surface area contributed by atoms with Gasteiger partial charge in [-0.2, -0.15) is 0 Å². The quantitative estimate of drug-likeness (QED) is 0.370. The molecule has 0 saturated heterocycles. The second-order valence-corrected chi connectivity index (χ2v) is 13.5. The second-order valence-electron chi connectivity index (χ2n) is 8.71. The van der Waals surface area contributed by atoms with E-state index in [-0.39, 0.29) is 16.6 Å². The van der Waals surface area contributed by atoms with E-state index in [4.69, 9.17) is 9.16 Å². The van der Waals surface area contributed by atoms with Crippen molar-refractivity contribution in [2.24, 2.45) is 0 Å². The minimum atomic E-state index is -2.04. The van der Waals surface area contributed by atoms with Crippen LogP contribution in [0.3, 0.4) is 0 Å². The van der Waals surface area contributed by atoms with Gasteiger partial charge >= 0.3 is 0 Å². The summed E-state index contributed by atoms with van der Waals surface area (Å²) in [6, 6.07) is 14.0. The molecule has 0 saturated carbocycles. The van der Waals surface area contributed by atoms with Crippen LogP contribution in [-0.2, 0) is 15.8 Å². The van der Waals surface area contributed by atoms with Crippen molar-refractivity contribution in [3.05, 3.63) is 71.6 Å². The van der Waals surface area contributed by atoms with Gasteiger partial charge < -0.3 is 9.16 Å². The van der Waals surface area contributed by atoms with Crippen LogP contribution in [0.2, 0.25) is 18.1 Å². The van der Waals surface area contributed by atoms with Gasteiger partial charge in [-0.1, -0.05) is 51.1 Å². The summed E-state index contributed by atoms with van der Waals surface area (Å²) < 4.78 is 25.7. The van der Waals surface area contributed by atoms with E-state index in [0.717, 1.165) is 5.56 Å². The Morgan fingerprint density at radius 2 is 1.79 bits per heavy atom. The van der Waals surface area contributed by atoms with Crippen molar-refractivity contribution >= 4 is 20.2 Å². The number of rotatable bonds is 8. The smallest absolute Gasteiger partial charge is 0.193 e. The molecule has 0 aliphatic rings. The maximum atomic E-state index is 13.7. The predicted octanol–water partition coefficient (Wildman–Crippen LogP) is 6.40. The molecule has 1 atom stereocenters. The lowest BCUT2D eigenvalue weighted by atomic mass is 10.1. The first-order chi connectivity index (χ1) is 13.5. The molecule has 0 aliphatic heterocycles. The first kappa shape index (κ1) is 23.0. The van der Waals surface area contributed by atoms with Crippen molar-refractivity contribution in [1.82, 2.24) is 0 Å². The molecule has 0 heterocycles. The summed E-state index contributed by atoms with van der Waals surface area (Å²) in [5.41, 5.74) is 1.63. The zero-order valence-corrected chi connectivity index (χ0v) is 19.2. The molecule has 0 bridgehead atoms. The Hall–Kier alpha value is -2.24. The SMILES string of the molecule is C[C@H](O[Si](C)(C)C(C)(C)C)C(=O)C=Cc1ccc(F)cc1OCc1ccccc1. The third-order valence-corrected chi connectivity index (χ3v) is 9.87. The lowest BCUT2D eigenvalue weighted by Gasteiger charge is -2.37. The highest BCUT2D eigenvalue weighted by Crippen LogP contribution is 2.37. The molecule has 0 N–H and O–H groups in total. The van der Waals surface area contributed by atoms with Crippen molar-refractivity contribution in [2.75, 3.05) is 0 Å². The highest BCUT2D eigenvalue weighted by Gasteiger charge is 2.39. The molecule has 0 radical (unpaired) electrons. The van der Waals surface area contributed by atoms with Gasteiger partial charge in [0.25, 0.3) is 0 Å². The number of ketones is 1. The van der Waals surface area contributed by atoms with E-state index in [2.05, 4.69) is 33.9 Å². The van der Waals surface area contributed by atoms with Gasteiger partial charge in [0.15, 0.2) is 14.1 Å². The highest BCUT2D eigenvalue weighted by molar-refractivity contribution is 6.74. The monoisotopic (exact) mass is 414 g/mol. The van der Waals surface area contributed by atoms with Crippen LogP contribution in [0.15, 0.2) is 54.6 Å². The minimum Gasteiger partial charge on any atom is -0.488 e. The molecule has 0 aromatic heterocycles. The van der Waals surface area contributed by atoms with Crippen molar-refractivity contribution in [2.45, 2.75) is 58.5 Å². The van der Waals surface area contributed by atoms with Crippen LogP contribution in [0.25, 0.3) is 6.08 Å². The Balaban J connectivity index is 2.10. The number of hydrogen-bond donors (Lipinski definition) is 0. The van der Waals surface area contributed by atoms with Gasteiger partial charge in [0.2, 0.25) is 0 Å². The molecule has 2 aromatic rings. The fourth-order valence-electron chi connectivity index (χ4n) is 2.49. The molecule has 0 fully saturated rings. The molecule has 5 heteroatoms. The molecular weight excluding hydrogens is 383 g/mol. The Morgan fingerprint density at radius 1 is 1.14 bits per heavy atom. The molecule has 2 rings (SSSR count). The zero-order chi connectivity index (χ0) is 21.7. The van der Waals surface area contributed by atoms with Crippen LogP contribution in [0, 0.1) is 5.82 Å². The van der Waals surface area contributed by atoms with Crippen LogP contribution >= 0.6 is 0 Å². The van der Waals surface area contributed by atoms with E-state index in [1.54, 1.807) is 19.1 Å². The summed E-state index contributed by atoms with van der Waals surface area (Å²) >= 11 is 0. The average molecular weight is 415 g/mol. The molecule has 0 spiro atoms. The molecule has 156 valence electrons. The second kappa shape index (κ2) is 9.50. The van der Waals surface area contributed by atoms with Crippen molar-refractivity contribution in [3.8, 4) is 5.75 Å². The lowest BCUT2D eigenvalue weighted by molar-refractivity contribution is -0.120. The molecule has 0 amide bonds. The molecule has 3 nitrogen and oxygen atoms in total. The molecule has 0 aliphatic carbocycles. The summed E-state index contributed by atoms with van der Waals surface area (Å²) in [4.78, 5) is 12.6. The summed E-state index contributed by atoms with van der Waals surface area (Å²) in [6.07, 6.45) is 2.62. The normalized spacial score (nSPS) is 13.5. The van der Waals surface area contributed by atoms with E-state index in [9.17, 15) is 9.18 Å². The third kappa shape index (κ3) is 6.65. The van der Waals surface area contributed by atoms with Gasteiger partial charge in [0, 0.05) is 11.6 Å². The number of carbonyl (C=O) groups is 1. The van der Waals surface area contributed by atoms with E-state index < -0.39 is 14.4 Å². The summed E-state index contributed by atoms with van der Waals surface area (Å²) in [7, 11) is -2.04. The Bertz CT molecular complexity index is 854. The number of ether oxygens (including phenoxy) is 1. The maximum Gasteiger partial charge on any atom is 0.193 e. The predicted molar refractivity (Wildman–Crippen MR) is 119 cm³/mol. The van der Waals surface area contributed by atoms with Crippen molar-refractivity contribution in [1.29, 1.82) is 0 Å². The van der Waals surface area contributed by atoms with Crippen LogP contribution in [-0.4, -0.2) is 20.2 Å². The topological polar surface area (TPSA) is 35.5 Å². The summed E-state index contributed by atoms with van der Waals surface area (Å²) in [6.45, 7) is 12.8. The Kier molecular flexibility index (Phi) is 7.55. The average Bonchev–Trinajstić information content (AvgIpc) is 2.64. The fourth-order valence-corrected chi connectivity index (χ4v) is 3.84. The summed E-state index contributed by atoms with van der Waals surface area (Å²) in [5, 5.41) is 0.0284. The molecule has 29 heavy (non-hydrogen) atoms. The standard InChI is InChI=1S/C24H31FO3Si/c1-18(28-29(5,6)24(2,3)4)22(26)15-13-20-12-14-21(25)16-23(20)27-17-19-10-8-7-9-11-19/h7-16,18H,17H2,1-6H3/t18-/m0/s1. The van der Waals surface area contributed by atoms with E-state index in [1.165, 1.54) is 18.2 Å². The van der Waals surface area contributed by atoms with Crippen LogP contribution in [0.4, 0.5) is 4.39 Å². The van der Waals surface area contributed by atoms with Gasteiger partial charge in [0.05, 0.1) is 0 Å². The first-order valence-electron chi connectivity index (χ1n) is 9.85. The summed E-state index contributed by atoms with van der Waals surface area (Å²) in [5.74, 6) is -0.102. The molecular formula is C24H31FO3Si. The van der Waals surface area contributed by atoms with Crippen LogP contribution < -0.4 is 4.74 Å². The first-order valence-corrected chi connectivity index (χ1v) is 12.8. The maximum absolute atomic E-state index is 13.7. The van der Waals surface area contributed by atoms with Crippen molar-refractivity contribution in [3.63, 3.8) is 0 Å². The van der Waals surface area contributed by atoms with E-state index >= 15 is 0 Å². The minimum absolute atomic E-state index is 0.0284. The lowest BCUT2D eigenvalue weighted by Crippen LogP contribution is -2.44. The molecule has 2 aromatic carbocycles. The zero-order valence-electron chi connectivity index (χ0n) is 18.2. The third-order valence-electron chi connectivity index (χ3n) is 5.32. The Labute approximate surface area is 174 Å². The van der Waals surface area contributed by atoms with Crippen molar-refractivity contribution < 1.29 is 18.3 Å². The van der Waals surface area contributed by atoms with Gasteiger partial charge in [-0.05, 0) is 54.9 Å². The van der Waals surface area contributed by atoms with E-state index in [0.29, 0.717) is 17.9 Å². The van der Waals surface area contributed by atoms with Crippen LogP contribution in [0.5, 0.6) is 5.75 Å². The fraction of sp³-hybridized carbons (Fsp3) is 0.375. The molecule has 0 unspecified atom stereocenters. The Morgan fingerprint density at radius 3 is 2.41 bits per heavy atom. The number of carbonyl (C=O) groups excluding carboxylic acids is 1. The van der Waals surface area contributed by atoms with E-state index in [1.807, 2.05) is 30.3 Å². The number of hydrogen-bond acceptors (Lipinski definition) is 3. The number of halogens is 1. The van der Waals surface area contributed by atoms with Crippen LogP contribution in [0.1, 0.15) is 38.8 Å². The van der Waals surface area contributed by atoms with Gasteiger partial charge in [0.1, 0.15) is 24.3 Å². The number of benzene rings is 2. The van der Waals surface area contributed by atoms with Gasteiger partial charge in [-0.25, -0.2) is 4.39 Å². The largest absolute Gasteiger partial charge is 0.488 e. The highest BCUT2D eigenvalue weighted by atomic mass is 28.4. The van der Waals surface area contributed by atoms with Gasteiger partial charge in [-0.3, -0.25) is 4.79 Å².